The highest BCUT2D eigenvalue weighted by atomic mass is 19.4. The van der Waals surface area contributed by atoms with E-state index in [-0.39, 0.29) is 13.2 Å². The molecule has 8 heteroatoms. The van der Waals surface area contributed by atoms with Crippen LogP contribution in [0.4, 0.5) is 13.2 Å². The van der Waals surface area contributed by atoms with Crippen molar-refractivity contribution in [1.29, 1.82) is 0 Å². The number of halogens is 3. The number of nitrogens with one attached hydrogen (secondary N) is 2. The Hall–Kier alpha value is -1.02. The second-order valence-corrected chi connectivity index (χ2v) is 2.97. The van der Waals surface area contributed by atoms with Crippen molar-refractivity contribution < 1.29 is 17.9 Å². The SMILES string of the molecule is CCCN=C(NN)NCCOCC(F)(F)F. The maximum absolute atomic E-state index is 11.7. The molecule has 16 heavy (non-hydrogen) atoms. The minimum Gasteiger partial charge on any atom is -0.370 e. The predicted octanol–water partition coefficient (Wildman–Crippen LogP) is 0.384. The predicted molar refractivity (Wildman–Crippen MR) is 54.8 cm³/mol. The first kappa shape index (κ1) is 15.0. The Bertz CT molecular complexity index is 208. The van der Waals surface area contributed by atoms with Crippen LogP contribution in [0.3, 0.4) is 0 Å². The van der Waals surface area contributed by atoms with Gasteiger partial charge in [-0.25, -0.2) is 5.84 Å². The molecule has 0 aliphatic rings. The van der Waals surface area contributed by atoms with Crippen LogP contribution in [0.2, 0.25) is 0 Å². The molecular formula is C8H17F3N4O. The van der Waals surface area contributed by atoms with Crippen molar-refractivity contribution in [2.24, 2.45) is 10.8 Å². The van der Waals surface area contributed by atoms with Crippen LogP contribution in [0, 0.1) is 0 Å². The van der Waals surface area contributed by atoms with Crippen molar-refractivity contribution >= 4 is 5.96 Å². The molecule has 4 N–H and O–H groups in total. The molecule has 5 nitrogen and oxygen atoms in total. The van der Waals surface area contributed by atoms with Gasteiger partial charge >= 0.3 is 6.18 Å². The fraction of sp³-hybridized carbons (Fsp3) is 0.875. The average molecular weight is 242 g/mol. The van der Waals surface area contributed by atoms with Gasteiger partial charge in [0.2, 0.25) is 5.96 Å². The summed E-state index contributed by atoms with van der Waals surface area (Å²) < 4.78 is 39.4. The van der Waals surface area contributed by atoms with Crippen LogP contribution in [-0.2, 0) is 4.74 Å². The van der Waals surface area contributed by atoms with Gasteiger partial charge in [0.25, 0.3) is 0 Å². The van der Waals surface area contributed by atoms with E-state index in [4.69, 9.17) is 5.84 Å². The molecule has 0 saturated heterocycles. The zero-order valence-corrected chi connectivity index (χ0v) is 9.10. The number of rotatable bonds is 6. The lowest BCUT2D eigenvalue weighted by Crippen LogP contribution is -2.43. The van der Waals surface area contributed by atoms with Gasteiger partial charge in [-0.2, -0.15) is 13.2 Å². The summed E-state index contributed by atoms with van der Waals surface area (Å²) in [7, 11) is 0. The summed E-state index contributed by atoms with van der Waals surface area (Å²) in [6.45, 7) is 1.45. The normalized spacial score (nSPS) is 12.7. The number of guanidine groups is 1. The Kier molecular flexibility index (Phi) is 7.65. The summed E-state index contributed by atoms with van der Waals surface area (Å²) in [5, 5.41) is 2.71. The molecule has 0 aromatic heterocycles. The van der Waals surface area contributed by atoms with E-state index in [9.17, 15) is 13.2 Å². The second-order valence-electron chi connectivity index (χ2n) is 2.97. The van der Waals surface area contributed by atoms with Crippen LogP contribution < -0.4 is 16.6 Å². The maximum Gasteiger partial charge on any atom is 0.411 e. The van der Waals surface area contributed by atoms with Crippen molar-refractivity contribution in [2.45, 2.75) is 19.5 Å². The van der Waals surface area contributed by atoms with E-state index in [0.717, 1.165) is 6.42 Å². The molecule has 0 unspecified atom stereocenters. The quantitative estimate of drug-likeness (QED) is 0.207. The molecule has 0 amide bonds. The Balaban J connectivity index is 3.56. The van der Waals surface area contributed by atoms with Crippen molar-refractivity contribution in [2.75, 3.05) is 26.3 Å². The Morgan fingerprint density at radius 2 is 2.12 bits per heavy atom. The number of hydrogen-bond donors (Lipinski definition) is 3. The van der Waals surface area contributed by atoms with Crippen molar-refractivity contribution in [3.8, 4) is 0 Å². The molecule has 0 radical (unpaired) electrons. The fourth-order valence-electron chi connectivity index (χ4n) is 0.806. The summed E-state index contributed by atoms with van der Waals surface area (Å²) in [5.41, 5.74) is 2.31. The van der Waals surface area contributed by atoms with Crippen LogP contribution in [0.25, 0.3) is 0 Å². The van der Waals surface area contributed by atoms with Crippen LogP contribution in [0.15, 0.2) is 4.99 Å². The van der Waals surface area contributed by atoms with E-state index in [1.165, 1.54) is 0 Å². The number of nitrogens with two attached hydrogens (primary N) is 1. The highest BCUT2D eigenvalue weighted by Crippen LogP contribution is 2.13. The highest BCUT2D eigenvalue weighted by molar-refractivity contribution is 5.79. The van der Waals surface area contributed by atoms with Gasteiger partial charge in [0.05, 0.1) is 6.61 Å². The summed E-state index contributed by atoms with van der Waals surface area (Å²) in [6, 6.07) is 0. The van der Waals surface area contributed by atoms with E-state index >= 15 is 0 Å². The lowest BCUT2D eigenvalue weighted by Gasteiger charge is -2.10. The number of ether oxygens (including phenoxy) is 1. The third kappa shape index (κ3) is 9.53. The summed E-state index contributed by atoms with van der Waals surface area (Å²) >= 11 is 0. The van der Waals surface area contributed by atoms with Crippen molar-refractivity contribution in [1.82, 2.24) is 10.7 Å². The van der Waals surface area contributed by atoms with E-state index in [2.05, 4.69) is 20.5 Å². The van der Waals surface area contributed by atoms with Gasteiger partial charge in [0, 0.05) is 13.1 Å². The Morgan fingerprint density at radius 1 is 1.44 bits per heavy atom. The van der Waals surface area contributed by atoms with Crippen LogP contribution >= 0.6 is 0 Å². The third-order valence-corrected chi connectivity index (χ3v) is 1.43. The molecule has 0 saturated carbocycles. The third-order valence-electron chi connectivity index (χ3n) is 1.43. The molecule has 96 valence electrons. The molecule has 0 aromatic rings. The van der Waals surface area contributed by atoms with Gasteiger partial charge in [0.1, 0.15) is 6.61 Å². The minimum absolute atomic E-state index is 0.0632. The van der Waals surface area contributed by atoms with Crippen LogP contribution in [0.1, 0.15) is 13.3 Å². The Labute approximate surface area is 92.2 Å². The molecule has 0 aliphatic heterocycles. The van der Waals surface area contributed by atoms with E-state index in [0.29, 0.717) is 12.5 Å². The van der Waals surface area contributed by atoms with Crippen LogP contribution in [-0.4, -0.2) is 38.4 Å². The monoisotopic (exact) mass is 242 g/mol. The summed E-state index contributed by atoms with van der Waals surface area (Å²) in [5.74, 6) is 5.48. The molecule has 0 spiro atoms. The first-order chi connectivity index (χ1) is 7.49. The smallest absolute Gasteiger partial charge is 0.370 e. The van der Waals surface area contributed by atoms with Gasteiger partial charge in [-0.3, -0.25) is 10.4 Å². The lowest BCUT2D eigenvalue weighted by molar-refractivity contribution is -0.173. The first-order valence-electron chi connectivity index (χ1n) is 4.89. The molecule has 0 heterocycles. The lowest BCUT2D eigenvalue weighted by atomic mass is 10.5. The number of nitrogens with zero attached hydrogens (tertiary/aromatic N) is 1. The second kappa shape index (κ2) is 8.17. The molecule has 0 aromatic carbocycles. The molecule has 0 atom stereocenters. The molecule has 0 rings (SSSR count). The largest absolute Gasteiger partial charge is 0.411 e. The van der Waals surface area contributed by atoms with Crippen molar-refractivity contribution in [3.63, 3.8) is 0 Å². The number of hydrazine groups is 1. The van der Waals surface area contributed by atoms with Gasteiger partial charge < -0.3 is 10.1 Å². The minimum atomic E-state index is -4.29. The molecular weight excluding hydrogens is 225 g/mol. The van der Waals surface area contributed by atoms with Gasteiger partial charge in [-0.15, -0.1) is 0 Å². The zero-order chi connectivity index (χ0) is 12.4. The van der Waals surface area contributed by atoms with Gasteiger partial charge in [-0.1, -0.05) is 6.92 Å². The van der Waals surface area contributed by atoms with E-state index in [1.807, 2.05) is 6.92 Å². The standard InChI is InChI=1S/C8H17F3N4O/c1-2-3-13-7(15-12)14-4-5-16-6-8(9,10)11/h2-6,12H2,1H3,(H2,13,14,15). The number of aliphatic imine (C=N–C) groups is 1. The molecule has 0 bridgehead atoms. The zero-order valence-electron chi connectivity index (χ0n) is 9.10. The molecule has 0 fully saturated rings. The molecule has 0 aliphatic carbocycles. The van der Waals surface area contributed by atoms with Gasteiger partial charge in [-0.05, 0) is 6.42 Å². The number of alkyl halides is 3. The topological polar surface area (TPSA) is 71.7 Å². The average Bonchev–Trinajstić information content (AvgIpc) is 2.20. The summed E-state index contributed by atoms with van der Waals surface area (Å²) in [4.78, 5) is 4.00. The maximum atomic E-state index is 11.7. The van der Waals surface area contributed by atoms with Gasteiger partial charge in [0.15, 0.2) is 0 Å². The summed E-state index contributed by atoms with van der Waals surface area (Å²) in [6.07, 6.45) is -3.43. The number of hydrogen-bond acceptors (Lipinski definition) is 3. The van der Waals surface area contributed by atoms with Crippen molar-refractivity contribution in [3.05, 3.63) is 0 Å². The van der Waals surface area contributed by atoms with Crippen LogP contribution in [0.5, 0.6) is 0 Å². The fourth-order valence-corrected chi connectivity index (χ4v) is 0.806. The highest BCUT2D eigenvalue weighted by Gasteiger charge is 2.27. The Morgan fingerprint density at radius 3 is 2.62 bits per heavy atom. The van der Waals surface area contributed by atoms with E-state index in [1.54, 1.807) is 0 Å². The van der Waals surface area contributed by atoms with E-state index < -0.39 is 12.8 Å². The first-order valence-corrected chi connectivity index (χ1v) is 4.89.